The van der Waals surface area contributed by atoms with Crippen LogP contribution in [0.1, 0.15) is 55.0 Å². The summed E-state index contributed by atoms with van der Waals surface area (Å²) in [6.07, 6.45) is 3.97. The molecule has 3 aromatic rings. The van der Waals surface area contributed by atoms with Crippen LogP contribution in [0.15, 0.2) is 19.7 Å². The van der Waals surface area contributed by atoms with Gasteiger partial charge in [-0.15, -0.1) is 0 Å². The molecule has 0 bridgehead atoms. The Kier molecular flexibility index (Phi) is 4.27. The first-order chi connectivity index (χ1) is 11.1. The third kappa shape index (κ3) is 3.18. The number of aryl methyl sites for hydroxylation is 3. The standard InChI is InChI=1S/C16H20N4O3/c1-5-6-13-17-12(8-21-13)16-18-14(23-20-16)7-9(2)15-10(3)19-22-11(15)4/h8-9H,5-7H2,1-4H3. The highest BCUT2D eigenvalue weighted by Crippen LogP contribution is 2.26. The van der Waals surface area contributed by atoms with E-state index in [-0.39, 0.29) is 5.92 Å². The van der Waals surface area contributed by atoms with E-state index in [1.54, 1.807) is 6.26 Å². The van der Waals surface area contributed by atoms with Gasteiger partial charge in [0, 0.05) is 18.4 Å². The normalized spacial score (nSPS) is 12.7. The Balaban J connectivity index is 1.74. The molecular weight excluding hydrogens is 296 g/mol. The molecule has 3 rings (SSSR count). The predicted molar refractivity (Wildman–Crippen MR) is 81.9 cm³/mol. The maximum Gasteiger partial charge on any atom is 0.227 e. The molecule has 1 unspecified atom stereocenters. The van der Waals surface area contributed by atoms with Gasteiger partial charge in [-0.3, -0.25) is 0 Å². The summed E-state index contributed by atoms with van der Waals surface area (Å²) in [7, 11) is 0. The lowest BCUT2D eigenvalue weighted by molar-refractivity contribution is 0.370. The van der Waals surface area contributed by atoms with Crippen LogP contribution < -0.4 is 0 Å². The molecule has 0 fully saturated rings. The van der Waals surface area contributed by atoms with Gasteiger partial charge < -0.3 is 13.5 Å². The Bertz CT molecular complexity index is 767. The van der Waals surface area contributed by atoms with Gasteiger partial charge in [-0.25, -0.2) is 4.98 Å². The summed E-state index contributed by atoms with van der Waals surface area (Å²) in [5, 5.41) is 7.98. The molecule has 0 radical (unpaired) electrons. The molecule has 0 amide bonds. The minimum Gasteiger partial charge on any atom is -0.448 e. The molecule has 7 nitrogen and oxygen atoms in total. The van der Waals surface area contributed by atoms with Crippen molar-refractivity contribution in [1.82, 2.24) is 20.3 Å². The summed E-state index contributed by atoms with van der Waals surface area (Å²) in [5.41, 5.74) is 2.60. The van der Waals surface area contributed by atoms with Gasteiger partial charge in [0.15, 0.2) is 5.89 Å². The first kappa shape index (κ1) is 15.5. The quantitative estimate of drug-likeness (QED) is 0.685. The maximum absolute atomic E-state index is 5.39. The number of rotatable bonds is 6. The van der Waals surface area contributed by atoms with Gasteiger partial charge in [-0.2, -0.15) is 4.98 Å². The van der Waals surface area contributed by atoms with Crippen LogP contribution in [0.5, 0.6) is 0 Å². The van der Waals surface area contributed by atoms with Crippen molar-refractivity contribution in [3.8, 4) is 11.5 Å². The average Bonchev–Trinajstić information content (AvgIpc) is 3.21. The number of oxazole rings is 1. The lowest BCUT2D eigenvalue weighted by Crippen LogP contribution is -2.01. The molecular formula is C16H20N4O3. The van der Waals surface area contributed by atoms with Gasteiger partial charge in [0.25, 0.3) is 0 Å². The third-order valence-corrected chi connectivity index (χ3v) is 3.77. The van der Waals surface area contributed by atoms with Crippen LogP contribution in [0.4, 0.5) is 0 Å². The van der Waals surface area contributed by atoms with Crippen LogP contribution in [-0.2, 0) is 12.8 Å². The maximum atomic E-state index is 5.39. The van der Waals surface area contributed by atoms with E-state index in [9.17, 15) is 0 Å². The van der Waals surface area contributed by atoms with E-state index >= 15 is 0 Å². The van der Waals surface area contributed by atoms with Gasteiger partial charge in [-0.1, -0.05) is 24.2 Å². The Morgan fingerprint density at radius 2 is 1.91 bits per heavy atom. The van der Waals surface area contributed by atoms with E-state index in [0.29, 0.717) is 29.7 Å². The van der Waals surface area contributed by atoms with E-state index < -0.39 is 0 Å². The molecule has 23 heavy (non-hydrogen) atoms. The van der Waals surface area contributed by atoms with Crippen molar-refractivity contribution in [1.29, 1.82) is 0 Å². The van der Waals surface area contributed by atoms with E-state index in [1.807, 2.05) is 13.8 Å². The monoisotopic (exact) mass is 316 g/mol. The highest BCUT2D eigenvalue weighted by molar-refractivity contribution is 5.45. The largest absolute Gasteiger partial charge is 0.448 e. The average molecular weight is 316 g/mol. The first-order valence-corrected chi connectivity index (χ1v) is 7.78. The lowest BCUT2D eigenvalue weighted by Gasteiger charge is -2.07. The third-order valence-electron chi connectivity index (χ3n) is 3.77. The molecule has 0 N–H and O–H groups in total. The van der Waals surface area contributed by atoms with Crippen LogP contribution in [0.2, 0.25) is 0 Å². The van der Waals surface area contributed by atoms with Gasteiger partial charge in [0.05, 0.1) is 5.69 Å². The number of aromatic nitrogens is 4. The van der Waals surface area contributed by atoms with E-state index in [2.05, 4.69) is 34.1 Å². The second kappa shape index (κ2) is 6.36. The molecule has 0 saturated heterocycles. The second-order valence-corrected chi connectivity index (χ2v) is 5.73. The molecule has 0 saturated carbocycles. The Morgan fingerprint density at radius 3 is 2.61 bits per heavy atom. The molecule has 0 spiro atoms. The zero-order valence-electron chi connectivity index (χ0n) is 13.8. The fraction of sp³-hybridized carbons (Fsp3) is 0.500. The van der Waals surface area contributed by atoms with Crippen molar-refractivity contribution < 1.29 is 13.5 Å². The first-order valence-electron chi connectivity index (χ1n) is 7.78. The zero-order chi connectivity index (χ0) is 16.4. The molecule has 0 aliphatic heterocycles. The van der Waals surface area contributed by atoms with Crippen LogP contribution in [0, 0.1) is 13.8 Å². The van der Waals surface area contributed by atoms with Crippen molar-refractivity contribution in [3.63, 3.8) is 0 Å². The Labute approximate surface area is 134 Å². The molecule has 1 atom stereocenters. The zero-order valence-corrected chi connectivity index (χ0v) is 13.8. The van der Waals surface area contributed by atoms with Gasteiger partial charge in [0.2, 0.25) is 11.7 Å². The highest BCUT2D eigenvalue weighted by atomic mass is 16.5. The van der Waals surface area contributed by atoms with Crippen LogP contribution in [-0.4, -0.2) is 20.3 Å². The van der Waals surface area contributed by atoms with E-state index in [4.69, 9.17) is 13.5 Å². The molecule has 3 heterocycles. The van der Waals surface area contributed by atoms with Crippen molar-refractivity contribution in [2.24, 2.45) is 0 Å². The van der Waals surface area contributed by atoms with E-state index in [1.165, 1.54) is 0 Å². The SMILES string of the molecule is CCCc1nc(-c2noc(CC(C)c3c(C)noc3C)n2)co1. The smallest absolute Gasteiger partial charge is 0.227 e. The molecule has 7 heteroatoms. The molecule has 0 aromatic carbocycles. The van der Waals surface area contributed by atoms with Crippen molar-refractivity contribution in [3.05, 3.63) is 35.1 Å². The topological polar surface area (TPSA) is 91.0 Å². The minimum absolute atomic E-state index is 0.183. The minimum atomic E-state index is 0.183. The van der Waals surface area contributed by atoms with Crippen LogP contribution >= 0.6 is 0 Å². The van der Waals surface area contributed by atoms with Crippen molar-refractivity contribution >= 4 is 0 Å². The van der Waals surface area contributed by atoms with Crippen molar-refractivity contribution in [2.45, 2.75) is 52.9 Å². The van der Waals surface area contributed by atoms with Crippen LogP contribution in [0.25, 0.3) is 11.5 Å². The highest BCUT2D eigenvalue weighted by Gasteiger charge is 2.20. The summed E-state index contributed by atoms with van der Waals surface area (Å²) < 4.78 is 15.9. The van der Waals surface area contributed by atoms with Crippen LogP contribution in [0.3, 0.4) is 0 Å². The molecule has 3 aromatic heterocycles. The summed E-state index contributed by atoms with van der Waals surface area (Å²) in [4.78, 5) is 8.78. The van der Waals surface area contributed by atoms with Gasteiger partial charge in [0.1, 0.15) is 17.7 Å². The molecule has 122 valence electrons. The number of nitrogens with zero attached hydrogens (tertiary/aromatic N) is 4. The summed E-state index contributed by atoms with van der Waals surface area (Å²) in [6, 6.07) is 0. The second-order valence-electron chi connectivity index (χ2n) is 5.73. The lowest BCUT2D eigenvalue weighted by atomic mass is 9.96. The van der Waals surface area contributed by atoms with Gasteiger partial charge >= 0.3 is 0 Å². The van der Waals surface area contributed by atoms with Gasteiger partial charge in [-0.05, 0) is 26.2 Å². The fourth-order valence-corrected chi connectivity index (χ4v) is 2.74. The summed E-state index contributed by atoms with van der Waals surface area (Å²) in [6.45, 7) is 8.01. The predicted octanol–water partition coefficient (Wildman–Crippen LogP) is 3.63. The Hall–Kier alpha value is -2.44. The Morgan fingerprint density at radius 1 is 1.09 bits per heavy atom. The summed E-state index contributed by atoms with van der Waals surface area (Å²) in [5.74, 6) is 2.72. The number of hydrogen-bond donors (Lipinski definition) is 0. The summed E-state index contributed by atoms with van der Waals surface area (Å²) >= 11 is 0. The van der Waals surface area contributed by atoms with E-state index in [0.717, 1.165) is 29.9 Å². The molecule has 0 aliphatic rings. The number of hydrogen-bond acceptors (Lipinski definition) is 7. The van der Waals surface area contributed by atoms with Crippen molar-refractivity contribution in [2.75, 3.05) is 0 Å². The fourth-order valence-electron chi connectivity index (χ4n) is 2.74. The molecule has 0 aliphatic carbocycles.